The van der Waals surface area contributed by atoms with Gasteiger partial charge in [-0.1, -0.05) is 18.2 Å². The number of nitrogens with one attached hydrogen (secondary N) is 1. The highest BCUT2D eigenvalue weighted by Gasteiger charge is 2.04. The van der Waals surface area contributed by atoms with E-state index >= 15 is 0 Å². The van der Waals surface area contributed by atoms with Gasteiger partial charge in [0, 0.05) is 24.6 Å². The fourth-order valence-corrected chi connectivity index (χ4v) is 1.74. The third-order valence-corrected chi connectivity index (χ3v) is 2.71. The van der Waals surface area contributed by atoms with Crippen LogP contribution in [0.5, 0.6) is 0 Å². The van der Waals surface area contributed by atoms with Crippen LogP contribution < -0.4 is 5.32 Å². The second kappa shape index (κ2) is 5.55. The van der Waals surface area contributed by atoms with Crippen LogP contribution in [0.3, 0.4) is 0 Å². The molecule has 1 N–H and O–H groups in total. The number of alkyl halides is 1. The second-order valence-corrected chi connectivity index (χ2v) is 3.90. The molecular formula is C13H13ClN2O. The molecule has 1 heterocycles. The van der Waals surface area contributed by atoms with Crippen LogP contribution >= 0.6 is 11.6 Å². The van der Waals surface area contributed by atoms with Gasteiger partial charge in [-0.15, -0.1) is 11.6 Å². The zero-order valence-electron chi connectivity index (χ0n) is 9.27. The van der Waals surface area contributed by atoms with Crippen LogP contribution in [0.15, 0.2) is 48.8 Å². The van der Waals surface area contributed by atoms with Crippen molar-refractivity contribution in [1.82, 2.24) is 9.88 Å². The van der Waals surface area contributed by atoms with Gasteiger partial charge in [0.2, 0.25) is 5.91 Å². The highest BCUT2D eigenvalue weighted by atomic mass is 35.5. The second-order valence-electron chi connectivity index (χ2n) is 3.63. The summed E-state index contributed by atoms with van der Waals surface area (Å²) in [5.41, 5.74) is 2.12. The molecule has 0 aliphatic rings. The maximum absolute atomic E-state index is 11.1. The molecule has 2 aromatic rings. The van der Waals surface area contributed by atoms with Gasteiger partial charge in [-0.3, -0.25) is 4.79 Å². The number of hydrogen-bond acceptors (Lipinski definition) is 1. The Labute approximate surface area is 105 Å². The van der Waals surface area contributed by atoms with Crippen molar-refractivity contribution >= 4 is 17.5 Å². The number of hydrogen-bond donors (Lipinski definition) is 1. The average molecular weight is 249 g/mol. The number of halogens is 1. The smallest absolute Gasteiger partial charge is 0.235 e. The highest BCUT2D eigenvalue weighted by molar-refractivity contribution is 6.27. The van der Waals surface area contributed by atoms with E-state index in [1.807, 2.05) is 53.4 Å². The summed E-state index contributed by atoms with van der Waals surface area (Å²) in [4.78, 5) is 11.1. The Bertz CT molecular complexity index is 494. The lowest BCUT2D eigenvalue weighted by Gasteiger charge is -2.11. The summed E-state index contributed by atoms with van der Waals surface area (Å²) >= 11 is 5.44. The molecule has 0 spiro atoms. The van der Waals surface area contributed by atoms with Crippen LogP contribution in [0.25, 0.3) is 5.69 Å². The van der Waals surface area contributed by atoms with E-state index in [0.717, 1.165) is 11.3 Å². The fraction of sp³-hybridized carbons (Fsp3) is 0.154. The van der Waals surface area contributed by atoms with Crippen LogP contribution in [0, 0.1) is 0 Å². The fourth-order valence-electron chi connectivity index (χ4n) is 1.65. The maximum atomic E-state index is 11.1. The molecule has 2 rings (SSSR count). The first-order valence-corrected chi connectivity index (χ1v) is 5.88. The SMILES string of the molecule is O=C(CCl)NCc1ccccc1-n1cccc1. The number of rotatable bonds is 4. The minimum absolute atomic E-state index is 0.00825. The van der Waals surface area contributed by atoms with E-state index in [-0.39, 0.29) is 11.8 Å². The zero-order valence-corrected chi connectivity index (χ0v) is 10.0. The van der Waals surface area contributed by atoms with Crippen molar-refractivity contribution in [3.63, 3.8) is 0 Å². The summed E-state index contributed by atoms with van der Waals surface area (Å²) in [5.74, 6) is -0.167. The van der Waals surface area contributed by atoms with E-state index in [0.29, 0.717) is 6.54 Å². The molecule has 0 fully saturated rings. The third kappa shape index (κ3) is 2.88. The van der Waals surface area contributed by atoms with Gasteiger partial charge < -0.3 is 9.88 Å². The molecular weight excluding hydrogens is 236 g/mol. The van der Waals surface area contributed by atoms with Gasteiger partial charge in [0.1, 0.15) is 5.88 Å². The monoisotopic (exact) mass is 248 g/mol. The van der Waals surface area contributed by atoms with E-state index in [4.69, 9.17) is 11.6 Å². The van der Waals surface area contributed by atoms with Crippen LogP contribution in [0.2, 0.25) is 0 Å². The van der Waals surface area contributed by atoms with Crippen molar-refractivity contribution in [3.05, 3.63) is 54.4 Å². The standard InChI is InChI=1S/C13H13ClN2O/c14-9-13(17)15-10-11-5-1-2-6-12(11)16-7-3-4-8-16/h1-8H,9-10H2,(H,15,17). The molecule has 0 radical (unpaired) electrons. The summed E-state index contributed by atoms with van der Waals surface area (Å²) in [7, 11) is 0. The number of carbonyl (C=O) groups excluding carboxylic acids is 1. The molecule has 0 bridgehead atoms. The number of para-hydroxylation sites is 1. The largest absolute Gasteiger partial charge is 0.351 e. The maximum Gasteiger partial charge on any atom is 0.235 e. The molecule has 1 aromatic heterocycles. The third-order valence-electron chi connectivity index (χ3n) is 2.47. The predicted octanol–water partition coefficient (Wildman–Crippen LogP) is 2.33. The summed E-state index contributed by atoms with van der Waals surface area (Å²) in [6.45, 7) is 0.486. The molecule has 0 saturated heterocycles. The molecule has 17 heavy (non-hydrogen) atoms. The molecule has 0 aliphatic heterocycles. The van der Waals surface area contributed by atoms with Crippen molar-refractivity contribution in [1.29, 1.82) is 0 Å². The van der Waals surface area contributed by atoms with Gasteiger partial charge in [-0.25, -0.2) is 0 Å². The zero-order chi connectivity index (χ0) is 12.1. The average Bonchev–Trinajstić information content (AvgIpc) is 2.90. The van der Waals surface area contributed by atoms with E-state index in [2.05, 4.69) is 5.32 Å². The Morgan fingerprint density at radius 1 is 1.18 bits per heavy atom. The molecule has 1 aromatic carbocycles. The molecule has 4 heteroatoms. The Balaban J connectivity index is 2.20. The molecule has 3 nitrogen and oxygen atoms in total. The normalized spacial score (nSPS) is 10.2. The van der Waals surface area contributed by atoms with Crippen molar-refractivity contribution < 1.29 is 4.79 Å². The molecule has 88 valence electrons. The van der Waals surface area contributed by atoms with Crippen molar-refractivity contribution in [2.75, 3.05) is 5.88 Å². The van der Waals surface area contributed by atoms with E-state index in [9.17, 15) is 4.79 Å². The number of amides is 1. The van der Waals surface area contributed by atoms with Crippen molar-refractivity contribution in [2.24, 2.45) is 0 Å². The van der Waals surface area contributed by atoms with Crippen LogP contribution in [0.4, 0.5) is 0 Å². The van der Waals surface area contributed by atoms with E-state index in [1.54, 1.807) is 0 Å². The van der Waals surface area contributed by atoms with Crippen LogP contribution in [-0.2, 0) is 11.3 Å². The highest BCUT2D eigenvalue weighted by Crippen LogP contribution is 2.14. The lowest BCUT2D eigenvalue weighted by molar-refractivity contribution is -0.118. The van der Waals surface area contributed by atoms with Crippen LogP contribution in [0.1, 0.15) is 5.56 Å². The van der Waals surface area contributed by atoms with Gasteiger partial charge >= 0.3 is 0 Å². The number of aromatic nitrogens is 1. The predicted molar refractivity (Wildman–Crippen MR) is 68.3 cm³/mol. The van der Waals surface area contributed by atoms with Gasteiger partial charge in [0.15, 0.2) is 0 Å². The van der Waals surface area contributed by atoms with Crippen molar-refractivity contribution in [2.45, 2.75) is 6.54 Å². The van der Waals surface area contributed by atoms with Crippen molar-refractivity contribution in [3.8, 4) is 5.69 Å². The summed E-state index contributed by atoms with van der Waals surface area (Å²) in [5, 5.41) is 2.77. The van der Waals surface area contributed by atoms with Crippen LogP contribution in [-0.4, -0.2) is 16.4 Å². The lowest BCUT2D eigenvalue weighted by Crippen LogP contribution is -2.24. The van der Waals surface area contributed by atoms with Gasteiger partial charge in [-0.2, -0.15) is 0 Å². The van der Waals surface area contributed by atoms with E-state index in [1.165, 1.54) is 0 Å². The summed E-state index contributed by atoms with van der Waals surface area (Å²) in [6, 6.07) is 11.9. The van der Waals surface area contributed by atoms with Gasteiger partial charge in [0.05, 0.1) is 0 Å². The number of benzene rings is 1. The first-order chi connectivity index (χ1) is 8.31. The quantitative estimate of drug-likeness (QED) is 0.828. The minimum Gasteiger partial charge on any atom is -0.351 e. The topological polar surface area (TPSA) is 34.0 Å². The van der Waals surface area contributed by atoms with E-state index < -0.39 is 0 Å². The molecule has 0 saturated carbocycles. The first-order valence-electron chi connectivity index (χ1n) is 5.35. The Morgan fingerprint density at radius 3 is 2.59 bits per heavy atom. The molecule has 0 unspecified atom stereocenters. The Kier molecular flexibility index (Phi) is 3.83. The van der Waals surface area contributed by atoms with Gasteiger partial charge in [0.25, 0.3) is 0 Å². The Morgan fingerprint density at radius 2 is 1.88 bits per heavy atom. The Hall–Kier alpha value is -1.74. The molecule has 0 aliphatic carbocycles. The molecule has 1 amide bonds. The van der Waals surface area contributed by atoms with Gasteiger partial charge in [-0.05, 0) is 23.8 Å². The first kappa shape index (κ1) is 11.7. The minimum atomic E-state index is -0.158. The lowest BCUT2D eigenvalue weighted by atomic mass is 10.1. The number of nitrogens with zero attached hydrogens (tertiary/aromatic N) is 1. The molecule has 0 atom stereocenters. The summed E-state index contributed by atoms with van der Waals surface area (Å²) < 4.78 is 2.02. The number of carbonyl (C=O) groups is 1. The summed E-state index contributed by atoms with van der Waals surface area (Å²) in [6.07, 6.45) is 3.95.